The van der Waals surface area contributed by atoms with Gasteiger partial charge < -0.3 is 14.7 Å². The van der Waals surface area contributed by atoms with E-state index in [9.17, 15) is 9.50 Å². The highest BCUT2D eigenvalue weighted by Crippen LogP contribution is 2.36. The fourth-order valence-electron chi connectivity index (χ4n) is 1.18. The molecule has 0 aliphatic heterocycles. The fourth-order valence-corrected chi connectivity index (χ4v) is 1.63. The Labute approximate surface area is 95.1 Å². The summed E-state index contributed by atoms with van der Waals surface area (Å²) in [6.07, 6.45) is 0. The molecular weight excluding hydrogens is 269 g/mol. The van der Waals surface area contributed by atoms with Gasteiger partial charge in [0.1, 0.15) is 5.82 Å². The Balaban J connectivity index is 3.18. The van der Waals surface area contributed by atoms with E-state index in [1.807, 2.05) is 0 Å². The summed E-state index contributed by atoms with van der Waals surface area (Å²) >= 11 is 2.99. The monoisotopic (exact) mass is 279 g/mol. The van der Waals surface area contributed by atoms with Gasteiger partial charge in [0.25, 0.3) is 0 Å². The number of ether oxygens (including phenoxy) is 1. The minimum atomic E-state index is -0.491. The summed E-state index contributed by atoms with van der Waals surface area (Å²) < 4.78 is 18.7. The van der Waals surface area contributed by atoms with Crippen molar-refractivity contribution in [3.63, 3.8) is 0 Å². The van der Waals surface area contributed by atoms with Crippen molar-refractivity contribution in [2.45, 2.75) is 6.54 Å². The van der Waals surface area contributed by atoms with E-state index in [0.717, 1.165) is 0 Å². The Kier molecular flexibility index (Phi) is 4.31. The third kappa shape index (κ3) is 2.58. The topological polar surface area (TPSA) is 50.7 Å². The lowest BCUT2D eigenvalue weighted by Crippen LogP contribution is -2.13. The second-order valence-electron chi connectivity index (χ2n) is 2.73. The molecule has 0 unspecified atom stereocenters. The van der Waals surface area contributed by atoms with Crippen molar-refractivity contribution in [3.05, 3.63) is 21.9 Å². The van der Waals surface area contributed by atoms with Gasteiger partial charge in [0.15, 0.2) is 11.5 Å². The third-order valence-corrected chi connectivity index (χ3v) is 2.42. The molecule has 0 amide bonds. The SMILES string of the molecule is CONCc1c(F)c(Br)cc(O)c1OC. The van der Waals surface area contributed by atoms with Crippen molar-refractivity contribution in [3.8, 4) is 11.5 Å². The molecule has 0 atom stereocenters. The summed E-state index contributed by atoms with van der Waals surface area (Å²) in [5.74, 6) is -0.520. The second kappa shape index (κ2) is 5.29. The smallest absolute Gasteiger partial charge is 0.168 e. The largest absolute Gasteiger partial charge is 0.504 e. The highest BCUT2D eigenvalue weighted by molar-refractivity contribution is 9.10. The molecule has 15 heavy (non-hydrogen) atoms. The fraction of sp³-hybridized carbons (Fsp3) is 0.333. The minimum absolute atomic E-state index is 0.0957. The van der Waals surface area contributed by atoms with Gasteiger partial charge in [-0.15, -0.1) is 0 Å². The van der Waals surface area contributed by atoms with Gasteiger partial charge in [-0.1, -0.05) is 0 Å². The van der Waals surface area contributed by atoms with Crippen molar-refractivity contribution >= 4 is 15.9 Å². The Morgan fingerprint density at radius 3 is 2.73 bits per heavy atom. The average Bonchev–Trinajstić information content (AvgIpc) is 2.21. The van der Waals surface area contributed by atoms with Crippen molar-refractivity contribution in [2.75, 3.05) is 14.2 Å². The Morgan fingerprint density at radius 2 is 2.20 bits per heavy atom. The molecule has 1 aromatic rings. The zero-order chi connectivity index (χ0) is 11.4. The molecule has 0 bridgehead atoms. The number of phenolic OH excluding ortho intramolecular Hbond substituents is 1. The number of halogens is 2. The zero-order valence-electron chi connectivity index (χ0n) is 8.30. The number of hydroxylamine groups is 1. The van der Waals surface area contributed by atoms with Crippen LogP contribution in [0.25, 0.3) is 0 Å². The molecule has 0 aromatic heterocycles. The van der Waals surface area contributed by atoms with Gasteiger partial charge in [0.2, 0.25) is 0 Å². The van der Waals surface area contributed by atoms with Gasteiger partial charge in [0.05, 0.1) is 30.8 Å². The van der Waals surface area contributed by atoms with Crippen molar-refractivity contribution in [1.82, 2.24) is 5.48 Å². The molecule has 0 fully saturated rings. The van der Waals surface area contributed by atoms with Crippen LogP contribution in [0.15, 0.2) is 10.5 Å². The molecule has 0 radical (unpaired) electrons. The number of nitrogens with one attached hydrogen (secondary N) is 1. The number of aromatic hydroxyl groups is 1. The van der Waals surface area contributed by atoms with E-state index in [-0.39, 0.29) is 28.1 Å². The minimum Gasteiger partial charge on any atom is -0.504 e. The lowest BCUT2D eigenvalue weighted by Gasteiger charge is -2.12. The summed E-state index contributed by atoms with van der Waals surface area (Å²) in [4.78, 5) is 4.61. The van der Waals surface area contributed by atoms with E-state index < -0.39 is 5.82 Å². The first kappa shape index (κ1) is 12.2. The lowest BCUT2D eigenvalue weighted by atomic mass is 10.1. The molecule has 0 saturated heterocycles. The highest BCUT2D eigenvalue weighted by Gasteiger charge is 2.17. The zero-order valence-corrected chi connectivity index (χ0v) is 9.89. The van der Waals surface area contributed by atoms with E-state index in [4.69, 9.17) is 4.74 Å². The molecule has 84 valence electrons. The van der Waals surface area contributed by atoms with Crippen LogP contribution in [0.3, 0.4) is 0 Å². The van der Waals surface area contributed by atoms with Gasteiger partial charge in [-0.25, -0.2) is 4.39 Å². The van der Waals surface area contributed by atoms with Gasteiger partial charge in [0, 0.05) is 6.07 Å². The number of phenols is 1. The van der Waals surface area contributed by atoms with E-state index in [1.54, 1.807) is 0 Å². The number of benzene rings is 1. The van der Waals surface area contributed by atoms with Gasteiger partial charge in [-0.05, 0) is 15.9 Å². The van der Waals surface area contributed by atoms with Crippen molar-refractivity contribution in [2.24, 2.45) is 0 Å². The van der Waals surface area contributed by atoms with Gasteiger partial charge in [-0.2, -0.15) is 5.48 Å². The van der Waals surface area contributed by atoms with E-state index >= 15 is 0 Å². The summed E-state index contributed by atoms with van der Waals surface area (Å²) in [7, 11) is 2.78. The lowest BCUT2D eigenvalue weighted by molar-refractivity contribution is 0.0851. The molecule has 0 spiro atoms. The maximum absolute atomic E-state index is 13.6. The van der Waals surface area contributed by atoms with Gasteiger partial charge >= 0.3 is 0 Å². The summed E-state index contributed by atoms with van der Waals surface area (Å²) in [6.45, 7) is 0.0957. The summed E-state index contributed by atoms with van der Waals surface area (Å²) in [6, 6.07) is 1.24. The van der Waals surface area contributed by atoms with E-state index in [2.05, 4.69) is 26.2 Å². The number of hydrogen-bond donors (Lipinski definition) is 2. The van der Waals surface area contributed by atoms with Crippen LogP contribution in [0.4, 0.5) is 4.39 Å². The van der Waals surface area contributed by atoms with Crippen LogP contribution in [0.2, 0.25) is 0 Å². The first-order valence-electron chi connectivity index (χ1n) is 4.11. The van der Waals surface area contributed by atoms with E-state index in [0.29, 0.717) is 0 Å². The summed E-state index contributed by atoms with van der Waals surface area (Å²) in [5, 5.41) is 9.51. The molecule has 0 aliphatic rings. The molecular formula is C9H11BrFNO3. The van der Waals surface area contributed by atoms with Crippen LogP contribution >= 0.6 is 15.9 Å². The molecule has 6 heteroatoms. The maximum Gasteiger partial charge on any atom is 0.168 e. The first-order valence-corrected chi connectivity index (χ1v) is 4.90. The van der Waals surface area contributed by atoms with Crippen LogP contribution in [0.1, 0.15) is 5.56 Å². The predicted octanol–water partition coefficient (Wildman–Crippen LogP) is 1.95. The molecule has 2 N–H and O–H groups in total. The molecule has 0 heterocycles. The molecule has 0 aliphatic carbocycles. The van der Waals surface area contributed by atoms with Crippen molar-refractivity contribution in [1.29, 1.82) is 0 Å². The van der Waals surface area contributed by atoms with Crippen LogP contribution < -0.4 is 10.2 Å². The Bertz CT molecular complexity index is 360. The highest BCUT2D eigenvalue weighted by atomic mass is 79.9. The second-order valence-corrected chi connectivity index (χ2v) is 3.58. The van der Waals surface area contributed by atoms with E-state index in [1.165, 1.54) is 20.3 Å². The van der Waals surface area contributed by atoms with Crippen LogP contribution in [-0.2, 0) is 11.4 Å². The molecule has 1 rings (SSSR count). The standard InChI is InChI=1S/C9H11BrFNO3/c1-14-9-5(4-12-15-2)8(11)6(10)3-7(9)13/h3,12-13H,4H2,1-2H3. The number of methoxy groups -OCH3 is 1. The molecule has 0 saturated carbocycles. The Hall–Kier alpha value is -0.850. The third-order valence-electron chi connectivity index (χ3n) is 1.84. The van der Waals surface area contributed by atoms with Crippen LogP contribution in [0.5, 0.6) is 11.5 Å². The number of rotatable bonds is 4. The summed E-state index contributed by atoms with van der Waals surface area (Å²) in [5.41, 5.74) is 2.68. The first-order chi connectivity index (χ1) is 7.11. The van der Waals surface area contributed by atoms with Crippen LogP contribution in [0, 0.1) is 5.82 Å². The predicted molar refractivity (Wildman–Crippen MR) is 56.2 cm³/mol. The normalized spacial score (nSPS) is 10.4. The quantitative estimate of drug-likeness (QED) is 0.828. The average molecular weight is 280 g/mol. The molecule has 4 nitrogen and oxygen atoms in total. The maximum atomic E-state index is 13.6. The van der Waals surface area contributed by atoms with Crippen molar-refractivity contribution < 1.29 is 19.1 Å². The number of hydrogen-bond acceptors (Lipinski definition) is 4. The van der Waals surface area contributed by atoms with Gasteiger partial charge in [-0.3, -0.25) is 0 Å². The van der Waals surface area contributed by atoms with Crippen LogP contribution in [-0.4, -0.2) is 19.3 Å². The Morgan fingerprint density at radius 1 is 1.53 bits per heavy atom. The molecule has 1 aromatic carbocycles.